The first kappa shape index (κ1) is 57.4. The van der Waals surface area contributed by atoms with E-state index in [2.05, 4.69) is 26.0 Å². The maximum absolute atomic E-state index is 11.5. The molecule has 0 spiro atoms. The molecule has 1 atom stereocenters. The number of hydrogen-bond acceptors (Lipinski definition) is 6. The third-order valence-corrected chi connectivity index (χ3v) is 8.30. The average molecular weight is 699 g/mol. The van der Waals surface area contributed by atoms with Gasteiger partial charge in [-0.2, -0.15) is 0 Å². The van der Waals surface area contributed by atoms with Gasteiger partial charge in [0.15, 0.2) is 0 Å². The van der Waals surface area contributed by atoms with Gasteiger partial charge in [-0.3, -0.25) is 8.42 Å². The van der Waals surface area contributed by atoms with Gasteiger partial charge in [-0.05, 0) is 44.4 Å². The molecule has 0 aliphatic rings. The van der Waals surface area contributed by atoms with Crippen molar-refractivity contribution in [2.24, 2.45) is 5.92 Å². The quantitative estimate of drug-likeness (QED) is 0.0344. The van der Waals surface area contributed by atoms with Crippen LogP contribution in [-0.4, -0.2) is 23.5 Å². The Morgan fingerprint density at radius 2 is 0.696 bits per heavy atom. The largest absolute Gasteiger partial charge is 1.00 e. The van der Waals surface area contributed by atoms with Crippen molar-refractivity contribution in [2.45, 2.75) is 206 Å². The summed E-state index contributed by atoms with van der Waals surface area (Å²) in [5, 5.41) is 11.5. The van der Waals surface area contributed by atoms with Gasteiger partial charge < -0.3 is 19.0 Å². The Hall–Kier alpha value is 2.08. The van der Waals surface area contributed by atoms with E-state index in [9.17, 15) is 9.90 Å². The topological polar surface area (TPSA) is 120 Å². The van der Waals surface area contributed by atoms with E-state index in [0.717, 1.165) is 25.7 Å². The SMILES string of the molecule is CCCCCCCC/C=C\CCCCCCCCC(CCCCCCCCCCCCCCCC)C(=O)[O-].O=S(=O)([O-])[O-].[Na+].[Na+].[Na+]. The molecule has 10 heteroatoms. The van der Waals surface area contributed by atoms with E-state index in [1.54, 1.807) is 0 Å². The number of hydrogen-bond donors (Lipinski definition) is 0. The molecule has 0 aromatic carbocycles. The Morgan fingerprint density at radius 3 is 0.935 bits per heavy atom. The molecule has 0 amide bonds. The number of carbonyl (C=O) groups excluding carboxylic acids is 1. The first-order valence-corrected chi connectivity index (χ1v) is 19.6. The molecule has 0 aliphatic carbocycles. The molecule has 0 aromatic rings. The van der Waals surface area contributed by atoms with Crippen LogP contribution in [0.3, 0.4) is 0 Å². The van der Waals surface area contributed by atoms with Crippen molar-refractivity contribution in [2.75, 3.05) is 0 Å². The number of unbranched alkanes of at least 4 members (excludes halogenated alkanes) is 25. The van der Waals surface area contributed by atoms with Crippen LogP contribution in [0, 0.1) is 5.92 Å². The monoisotopic (exact) mass is 698 g/mol. The summed E-state index contributed by atoms with van der Waals surface area (Å²) in [5.74, 6) is -1.03. The number of allylic oxidation sites excluding steroid dienone is 2. The summed E-state index contributed by atoms with van der Waals surface area (Å²) in [5.41, 5.74) is 0. The molecule has 0 aromatic heterocycles. The third-order valence-electron chi connectivity index (χ3n) is 8.30. The Morgan fingerprint density at radius 1 is 0.478 bits per heavy atom. The summed E-state index contributed by atoms with van der Waals surface area (Å²) in [4.78, 5) is 11.5. The van der Waals surface area contributed by atoms with Crippen LogP contribution >= 0.6 is 0 Å². The van der Waals surface area contributed by atoms with Crippen molar-refractivity contribution >= 4 is 16.4 Å². The maximum atomic E-state index is 11.5. The predicted molar refractivity (Wildman–Crippen MR) is 178 cm³/mol. The third kappa shape index (κ3) is 58.3. The minimum atomic E-state index is -5.17. The van der Waals surface area contributed by atoms with Gasteiger partial charge in [0.2, 0.25) is 0 Å². The zero-order valence-electron chi connectivity index (χ0n) is 31.3. The standard InChI is InChI=1S/C36H70O2.3Na.H2O4S/c1-3-5-7-9-11-13-15-17-19-20-22-24-26-28-30-32-34-35(36(37)38)33-31-29-27-25-23-21-18-16-14-12-10-8-6-4-2;;;;1-5(2,3)4/h17,19,35H,3-16,18,20-34H2,1-2H3,(H,37,38);;;;(H2,1,2,3,4)/q;3*+1;/p-3/b19-17-;;;;. The molecule has 46 heavy (non-hydrogen) atoms. The minimum absolute atomic E-state index is 0. The van der Waals surface area contributed by atoms with Gasteiger partial charge >= 0.3 is 88.7 Å². The van der Waals surface area contributed by atoms with Crippen LogP contribution in [0.1, 0.15) is 206 Å². The van der Waals surface area contributed by atoms with Gasteiger partial charge in [0.05, 0.1) is 0 Å². The molecule has 0 N–H and O–H groups in total. The van der Waals surface area contributed by atoms with E-state index >= 15 is 0 Å². The van der Waals surface area contributed by atoms with Crippen LogP contribution < -0.4 is 93.8 Å². The molecule has 0 radical (unpaired) electrons. The smallest absolute Gasteiger partial charge is 0.759 e. The Balaban J connectivity index is -0.000000645. The van der Waals surface area contributed by atoms with E-state index in [0.29, 0.717) is 0 Å². The van der Waals surface area contributed by atoms with Gasteiger partial charge in [-0.15, -0.1) is 0 Å². The fraction of sp³-hybridized carbons (Fsp3) is 0.917. The first-order chi connectivity index (χ1) is 20.7. The second-order valence-electron chi connectivity index (χ2n) is 12.5. The van der Waals surface area contributed by atoms with Gasteiger partial charge in [-0.25, -0.2) is 0 Å². The van der Waals surface area contributed by atoms with E-state index in [4.69, 9.17) is 17.5 Å². The number of carbonyl (C=O) groups is 1. The van der Waals surface area contributed by atoms with Gasteiger partial charge in [0.1, 0.15) is 0 Å². The molecule has 0 bridgehead atoms. The van der Waals surface area contributed by atoms with Crippen molar-refractivity contribution in [3.63, 3.8) is 0 Å². The Labute approximate surface area is 353 Å². The van der Waals surface area contributed by atoms with Crippen molar-refractivity contribution in [1.82, 2.24) is 0 Å². The molecule has 6 nitrogen and oxygen atoms in total. The molecular formula is C36H69Na3O6S. The summed E-state index contributed by atoms with van der Waals surface area (Å²) in [6, 6.07) is 0. The average Bonchev–Trinajstić information content (AvgIpc) is 2.95. The fourth-order valence-corrected chi connectivity index (χ4v) is 5.60. The zero-order chi connectivity index (χ0) is 32.3. The second kappa shape index (κ2) is 47.1. The fourth-order valence-electron chi connectivity index (χ4n) is 5.60. The molecule has 0 heterocycles. The summed E-state index contributed by atoms with van der Waals surface area (Å²) >= 11 is 0. The molecule has 1 unspecified atom stereocenters. The number of carboxylic acid groups (broad SMARTS) is 1. The van der Waals surface area contributed by atoms with Crippen molar-refractivity contribution in [1.29, 1.82) is 0 Å². The summed E-state index contributed by atoms with van der Waals surface area (Å²) in [6.07, 6.45) is 43.4. The Kier molecular flexibility index (Phi) is 58.8. The Bertz CT molecular complexity index is 700. The number of carboxylic acids is 1. The number of rotatable bonds is 32. The van der Waals surface area contributed by atoms with Crippen LogP contribution in [0.15, 0.2) is 12.2 Å². The van der Waals surface area contributed by atoms with Crippen LogP contribution in [0.25, 0.3) is 0 Å². The maximum Gasteiger partial charge on any atom is 1.00 e. The van der Waals surface area contributed by atoms with E-state index < -0.39 is 16.4 Å². The summed E-state index contributed by atoms with van der Waals surface area (Å²) in [6.45, 7) is 4.56. The van der Waals surface area contributed by atoms with Crippen LogP contribution in [0.4, 0.5) is 0 Å². The minimum Gasteiger partial charge on any atom is -0.759 e. The molecule has 0 saturated heterocycles. The molecule has 0 saturated carbocycles. The van der Waals surface area contributed by atoms with Crippen molar-refractivity contribution in [3.05, 3.63) is 12.2 Å². The zero-order valence-corrected chi connectivity index (χ0v) is 38.1. The van der Waals surface area contributed by atoms with Crippen molar-refractivity contribution < 1.29 is 116 Å². The normalized spacial score (nSPS) is 11.6. The van der Waals surface area contributed by atoms with E-state index in [1.165, 1.54) is 167 Å². The first-order valence-electron chi connectivity index (χ1n) is 18.2. The predicted octanol–water partition coefficient (Wildman–Crippen LogP) is 1.33. The van der Waals surface area contributed by atoms with Crippen LogP contribution in [0.5, 0.6) is 0 Å². The molecule has 258 valence electrons. The van der Waals surface area contributed by atoms with E-state index in [-0.39, 0.29) is 94.6 Å². The molecule has 0 aliphatic heterocycles. The summed E-state index contributed by atoms with van der Waals surface area (Å²) in [7, 11) is -5.17. The van der Waals surface area contributed by atoms with Gasteiger partial charge in [-0.1, -0.05) is 180 Å². The number of aliphatic carboxylic acids is 1. The molecular weight excluding hydrogens is 629 g/mol. The summed E-state index contributed by atoms with van der Waals surface area (Å²) < 4.78 is 34.1. The van der Waals surface area contributed by atoms with Gasteiger partial charge in [0, 0.05) is 16.4 Å². The van der Waals surface area contributed by atoms with Crippen LogP contribution in [0.2, 0.25) is 0 Å². The van der Waals surface area contributed by atoms with Gasteiger partial charge in [0.25, 0.3) is 0 Å². The molecule has 0 fully saturated rings. The molecule has 0 rings (SSSR count). The van der Waals surface area contributed by atoms with Crippen molar-refractivity contribution in [3.8, 4) is 0 Å². The second-order valence-corrected chi connectivity index (χ2v) is 13.4. The van der Waals surface area contributed by atoms with E-state index in [1.807, 2.05) is 0 Å². The van der Waals surface area contributed by atoms with Crippen LogP contribution in [-0.2, 0) is 15.2 Å².